The Morgan fingerprint density at radius 1 is 1.32 bits per heavy atom. The van der Waals surface area contributed by atoms with Crippen LogP contribution in [0.15, 0.2) is 30.3 Å². The van der Waals surface area contributed by atoms with Crippen LogP contribution in [0.5, 0.6) is 0 Å². The fourth-order valence-electron chi connectivity index (χ4n) is 2.31. The van der Waals surface area contributed by atoms with E-state index in [-0.39, 0.29) is 30.5 Å². The van der Waals surface area contributed by atoms with Crippen molar-refractivity contribution in [1.82, 2.24) is 9.97 Å². The van der Waals surface area contributed by atoms with Crippen LogP contribution < -0.4 is 16.0 Å². The lowest BCUT2D eigenvalue weighted by Gasteiger charge is -2.21. The van der Waals surface area contributed by atoms with E-state index in [1.165, 1.54) is 0 Å². The van der Waals surface area contributed by atoms with Crippen LogP contribution in [-0.2, 0) is 16.1 Å². The molecular weight excluding hydrogens is 322 g/mol. The maximum Gasteiger partial charge on any atom is 0.325 e. The van der Waals surface area contributed by atoms with Gasteiger partial charge < -0.3 is 20.7 Å². The number of benzene rings is 1. The van der Waals surface area contributed by atoms with E-state index in [0.29, 0.717) is 18.6 Å². The number of hydrogen-bond donors (Lipinski definition) is 2. The fraction of sp³-hybridized carbons (Fsp3) is 0.294. The molecule has 2 rings (SSSR count). The van der Waals surface area contributed by atoms with Crippen molar-refractivity contribution in [2.45, 2.75) is 13.5 Å². The second kappa shape index (κ2) is 8.62. The van der Waals surface area contributed by atoms with Gasteiger partial charge in [-0.1, -0.05) is 30.3 Å². The monoisotopic (exact) mass is 343 g/mol. The topological polar surface area (TPSA) is 110 Å². The molecule has 0 fully saturated rings. The third-order valence-corrected chi connectivity index (χ3v) is 3.39. The van der Waals surface area contributed by atoms with Crippen LogP contribution >= 0.6 is 0 Å². The lowest BCUT2D eigenvalue weighted by molar-refractivity contribution is -0.140. The highest BCUT2D eigenvalue weighted by molar-refractivity contribution is 5.91. The summed E-state index contributed by atoms with van der Waals surface area (Å²) in [6.45, 7) is 2.41. The highest BCUT2D eigenvalue weighted by Crippen LogP contribution is 2.24. The maximum absolute atomic E-state index is 11.6. The van der Waals surface area contributed by atoms with Crippen LogP contribution in [-0.4, -0.2) is 42.4 Å². The van der Waals surface area contributed by atoms with Crippen LogP contribution in [0.3, 0.4) is 0 Å². The number of hydrogen-bond acceptors (Lipinski definition) is 8. The van der Waals surface area contributed by atoms with Gasteiger partial charge in [-0.3, -0.25) is 9.59 Å². The Morgan fingerprint density at radius 3 is 2.68 bits per heavy atom. The molecule has 25 heavy (non-hydrogen) atoms. The first kappa shape index (κ1) is 18.2. The molecule has 0 aliphatic carbocycles. The third-order valence-electron chi connectivity index (χ3n) is 3.39. The molecule has 1 aromatic carbocycles. The van der Waals surface area contributed by atoms with Crippen molar-refractivity contribution < 1.29 is 14.3 Å². The summed E-state index contributed by atoms with van der Waals surface area (Å²) in [6, 6.07) is 9.75. The zero-order chi connectivity index (χ0) is 18.2. The third kappa shape index (κ3) is 4.90. The molecule has 0 aliphatic heterocycles. The first-order valence-electron chi connectivity index (χ1n) is 7.82. The van der Waals surface area contributed by atoms with Gasteiger partial charge in [0, 0.05) is 13.6 Å². The van der Waals surface area contributed by atoms with Gasteiger partial charge in [-0.2, -0.15) is 9.97 Å². The van der Waals surface area contributed by atoms with E-state index in [0.717, 1.165) is 5.56 Å². The Bertz CT molecular complexity index is 737. The van der Waals surface area contributed by atoms with Crippen LogP contribution in [0.25, 0.3) is 0 Å². The van der Waals surface area contributed by atoms with Crippen molar-refractivity contribution in [2.75, 3.05) is 36.1 Å². The summed E-state index contributed by atoms with van der Waals surface area (Å²) in [5, 5.41) is 2.79. The second-order valence-corrected chi connectivity index (χ2v) is 5.29. The summed E-state index contributed by atoms with van der Waals surface area (Å²) in [4.78, 5) is 33.1. The molecule has 8 nitrogen and oxygen atoms in total. The van der Waals surface area contributed by atoms with E-state index in [1.54, 1.807) is 18.9 Å². The van der Waals surface area contributed by atoms with Gasteiger partial charge in [0.25, 0.3) is 0 Å². The molecule has 0 bridgehead atoms. The minimum absolute atomic E-state index is 0.00636. The Kier molecular flexibility index (Phi) is 6.27. The van der Waals surface area contributed by atoms with Crippen molar-refractivity contribution in [3.05, 3.63) is 41.5 Å². The van der Waals surface area contributed by atoms with Crippen molar-refractivity contribution in [1.29, 1.82) is 0 Å². The van der Waals surface area contributed by atoms with Crippen LogP contribution in [0.2, 0.25) is 0 Å². The summed E-state index contributed by atoms with van der Waals surface area (Å²) < 4.78 is 4.85. The van der Waals surface area contributed by atoms with Crippen molar-refractivity contribution >= 4 is 29.8 Å². The predicted octanol–water partition coefficient (Wildman–Crippen LogP) is 1.48. The molecule has 0 amide bonds. The molecule has 3 N–H and O–H groups in total. The Morgan fingerprint density at radius 2 is 2.04 bits per heavy atom. The first-order valence-corrected chi connectivity index (χ1v) is 7.82. The number of carbonyl (C=O) groups is 2. The maximum atomic E-state index is 11.6. The van der Waals surface area contributed by atoms with Gasteiger partial charge >= 0.3 is 5.97 Å². The molecule has 1 aromatic heterocycles. The highest BCUT2D eigenvalue weighted by atomic mass is 16.5. The number of nitrogens with one attached hydrogen (secondary N) is 1. The molecule has 2 aromatic rings. The van der Waals surface area contributed by atoms with Crippen molar-refractivity contribution in [3.63, 3.8) is 0 Å². The number of aromatic nitrogens is 2. The summed E-state index contributed by atoms with van der Waals surface area (Å²) >= 11 is 0. The predicted molar refractivity (Wildman–Crippen MR) is 95.5 cm³/mol. The van der Waals surface area contributed by atoms with Gasteiger partial charge in [-0.25, -0.2) is 0 Å². The number of esters is 1. The molecule has 0 aliphatic rings. The normalized spacial score (nSPS) is 10.2. The van der Waals surface area contributed by atoms with Gasteiger partial charge in [0.2, 0.25) is 5.95 Å². The average molecular weight is 343 g/mol. The first-order chi connectivity index (χ1) is 12.0. The molecule has 0 saturated carbocycles. The summed E-state index contributed by atoms with van der Waals surface area (Å²) in [7, 11) is 1.80. The molecule has 0 atom stereocenters. The molecule has 132 valence electrons. The number of ether oxygens (including phenoxy) is 1. The van der Waals surface area contributed by atoms with E-state index in [4.69, 9.17) is 10.5 Å². The average Bonchev–Trinajstić information content (AvgIpc) is 2.60. The molecular formula is C17H21N5O3. The van der Waals surface area contributed by atoms with Gasteiger partial charge in [0.15, 0.2) is 6.29 Å². The number of rotatable bonds is 8. The van der Waals surface area contributed by atoms with Crippen molar-refractivity contribution in [2.24, 2.45) is 0 Å². The Balaban J connectivity index is 2.25. The Hall–Kier alpha value is -3.16. The standard InChI is InChI=1S/C17H21N5O3/c1-3-25-14(24)9-19-15-13(11-23)16(21-17(18)20-15)22(2)10-12-7-5-4-6-8-12/h4-8,11H,3,9-10H2,1-2H3,(H3,18,19,20,21). The SMILES string of the molecule is CCOC(=O)CNc1nc(N)nc(N(C)Cc2ccccc2)c1C=O. The quantitative estimate of drug-likeness (QED) is 0.548. The largest absolute Gasteiger partial charge is 0.465 e. The number of aldehydes is 1. The van der Waals surface area contributed by atoms with Gasteiger partial charge in [-0.15, -0.1) is 0 Å². The molecule has 1 heterocycles. The number of nitrogen functional groups attached to an aromatic ring is 1. The number of carbonyl (C=O) groups excluding carboxylic acids is 2. The van der Waals surface area contributed by atoms with Crippen LogP contribution in [0.1, 0.15) is 22.8 Å². The minimum Gasteiger partial charge on any atom is -0.465 e. The van der Waals surface area contributed by atoms with Crippen LogP contribution in [0, 0.1) is 0 Å². The molecule has 8 heteroatoms. The smallest absolute Gasteiger partial charge is 0.325 e. The van der Waals surface area contributed by atoms with Crippen molar-refractivity contribution in [3.8, 4) is 0 Å². The molecule has 0 unspecified atom stereocenters. The number of nitrogens with zero attached hydrogens (tertiary/aromatic N) is 3. The second-order valence-electron chi connectivity index (χ2n) is 5.29. The summed E-state index contributed by atoms with van der Waals surface area (Å²) in [5.74, 6) is 0.144. The number of nitrogens with two attached hydrogens (primary N) is 1. The van der Waals surface area contributed by atoms with E-state index >= 15 is 0 Å². The molecule has 0 saturated heterocycles. The van der Waals surface area contributed by atoms with Crippen LogP contribution in [0.4, 0.5) is 17.6 Å². The lowest BCUT2D eigenvalue weighted by Crippen LogP contribution is -2.23. The van der Waals surface area contributed by atoms with Gasteiger partial charge in [-0.05, 0) is 12.5 Å². The number of anilines is 3. The van der Waals surface area contributed by atoms with E-state index in [9.17, 15) is 9.59 Å². The lowest BCUT2D eigenvalue weighted by atomic mass is 10.2. The summed E-state index contributed by atoms with van der Waals surface area (Å²) in [6.07, 6.45) is 0.643. The zero-order valence-corrected chi connectivity index (χ0v) is 14.2. The van der Waals surface area contributed by atoms with Gasteiger partial charge in [0.1, 0.15) is 18.2 Å². The van der Waals surface area contributed by atoms with E-state index in [1.807, 2.05) is 30.3 Å². The summed E-state index contributed by atoms with van der Waals surface area (Å²) in [5.41, 5.74) is 7.05. The Labute approximate surface area is 146 Å². The zero-order valence-electron chi connectivity index (χ0n) is 14.2. The van der Waals surface area contributed by atoms with Gasteiger partial charge in [0.05, 0.1) is 12.2 Å². The molecule has 0 spiro atoms. The molecule has 0 radical (unpaired) electrons. The van der Waals surface area contributed by atoms with E-state index in [2.05, 4.69) is 15.3 Å². The minimum atomic E-state index is -0.448. The van der Waals surface area contributed by atoms with E-state index < -0.39 is 5.97 Å². The highest BCUT2D eigenvalue weighted by Gasteiger charge is 2.17. The fourth-order valence-corrected chi connectivity index (χ4v) is 2.31.